The number of hydrogen-bond donors (Lipinski definition) is 2. The molecule has 7 aliphatic rings. The Kier molecular flexibility index (Phi) is 30.6. The number of piperidine rings is 3. The van der Waals surface area contributed by atoms with Crippen molar-refractivity contribution >= 4 is 40.1 Å². The van der Waals surface area contributed by atoms with Crippen molar-refractivity contribution in [2.24, 2.45) is 25.8 Å². The summed E-state index contributed by atoms with van der Waals surface area (Å²) in [6, 6.07) is 0. The van der Waals surface area contributed by atoms with Gasteiger partial charge in [0.1, 0.15) is 26.6 Å². The Hall–Kier alpha value is -3.59. The molecule has 7 saturated heterocycles. The SMILES string of the molecule is CC(C)(C)N1CC(=NO)C1.CC(C)(C)N1CC(=O)C1.CC(C)(C)N1CCC(=NO)CC1.CC(C)(C)N1CCC(=O)CC1.CCO/N=C1/CCN(C(C)(C)C)C1.CON=C1CCN(C(C)(C)C)CC1.CON=C1CN(C(C)(C)C)C1. The van der Waals surface area contributed by atoms with Crippen LogP contribution in [-0.2, 0) is 24.1 Å². The molecule has 0 bridgehead atoms. The van der Waals surface area contributed by atoms with Gasteiger partial charge in [0, 0.05) is 162 Å². The summed E-state index contributed by atoms with van der Waals surface area (Å²) in [5.41, 5.74) is 7.05. The van der Waals surface area contributed by atoms with Crippen molar-refractivity contribution in [3.05, 3.63) is 0 Å². The van der Waals surface area contributed by atoms with E-state index in [9.17, 15) is 9.59 Å². The van der Waals surface area contributed by atoms with Crippen LogP contribution in [0.25, 0.3) is 0 Å². The highest BCUT2D eigenvalue weighted by Crippen LogP contribution is 2.23. The van der Waals surface area contributed by atoms with Crippen molar-refractivity contribution in [3.8, 4) is 0 Å². The number of hydrogen-bond acceptors (Lipinski definition) is 19. The van der Waals surface area contributed by atoms with Gasteiger partial charge in [0.25, 0.3) is 0 Å². The second-order valence-electron chi connectivity index (χ2n) is 28.6. The van der Waals surface area contributed by atoms with Crippen LogP contribution in [0.2, 0.25) is 0 Å². The van der Waals surface area contributed by atoms with E-state index in [0.717, 1.165) is 141 Å². The van der Waals surface area contributed by atoms with Gasteiger partial charge in [0.2, 0.25) is 0 Å². The quantitative estimate of drug-likeness (QED) is 0.200. The lowest BCUT2D eigenvalue weighted by atomic mass is 10.00. The van der Waals surface area contributed by atoms with Gasteiger partial charge in [0.05, 0.1) is 41.6 Å². The van der Waals surface area contributed by atoms with E-state index >= 15 is 0 Å². The summed E-state index contributed by atoms with van der Waals surface area (Å²) in [5, 5.41) is 35.2. The van der Waals surface area contributed by atoms with Crippen LogP contribution in [-0.4, -0.2) is 236 Å². The maximum absolute atomic E-state index is 10.9. The molecular weight excluding hydrogens is 1000 g/mol. The van der Waals surface area contributed by atoms with Crippen LogP contribution in [0.5, 0.6) is 0 Å². The van der Waals surface area contributed by atoms with Gasteiger partial charge in [-0.15, -0.1) is 0 Å². The molecular formula is C60H118N12O7. The molecule has 0 aromatic carbocycles. The number of oxime groups is 5. The third-order valence-electron chi connectivity index (χ3n) is 15.0. The van der Waals surface area contributed by atoms with Crippen molar-refractivity contribution in [2.75, 3.05) is 112 Å². The molecule has 7 heterocycles. The lowest BCUT2D eigenvalue weighted by molar-refractivity contribution is -0.133. The van der Waals surface area contributed by atoms with Gasteiger partial charge in [-0.3, -0.25) is 43.9 Å². The van der Waals surface area contributed by atoms with Gasteiger partial charge in [-0.2, -0.15) is 0 Å². The fraction of sp³-hybridized carbons (Fsp3) is 0.883. The molecule has 0 radical (unpaired) electrons. The predicted molar refractivity (Wildman–Crippen MR) is 328 cm³/mol. The third kappa shape index (κ3) is 29.3. The molecule has 0 saturated carbocycles. The Morgan fingerprint density at radius 1 is 0.342 bits per heavy atom. The van der Waals surface area contributed by atoms with Crippen LogP contribution >= 0.6 is 0 Å². The van der Waals surface area contributed by atoms with E-state index in [1.54, 1.807) is 14.2 Å². The highest BCUT2D eigenvalue weighted by molar-refractivity contribution is 5.93. The Morgan fingerprint density at radius 2 is 0.620 bits per heavy atom. The number of rotatable bonds is 4. The first-order valence-electron chi connectivity index (χ1n) is 29.2. The number of carbonyl (C=O) groups excluding carboxylic acids is 2. The normalized spacial score (nSPS) is 21.1. The van der Waals surface area contributed by atoms with Gasteiger partial charge in [-0.25, -0.2) is 0 Å². The summed E-state index contributed by atoms with van der Waals surface area (Å²) in [6.07, 6.45) is 6.46. The Bertz CT molecular complexity index is 1920. The number of likely N-dealkylation sites (tertiary alicyclic amines) is 7. The van der Waals surface area contributed by atoms with Gasteiger partial charge in [0.15, 0.2) is 5.78 Å². The van der Waals surface area contributed by atoms with Crippen LogP contribution < -0.4 is 0 Å². The molecule has 0 unspecified atom stereocenters. The average molecular weight is 1120 g/mol. The molecule has 2 N–H and O–H groups in total. The minimum atomic E-state index is 0.188. The lowest BCUT2D eigenvalue weighted by Gasteiger charge is -2.42. The summed E-state index contributed by atoms with van der Waals surface area (Å²) in [6.45, 7) is 61.8. The van der Waals surface area contributed by atoms with Crippen LogP contribution in [0, 0.1) is 0 Å². The second-order valence-corrected chi connectivity index (χ2v) is 28.6. The summed E-state index contributed by atoms with van der Waals surface area (Å²) in [4.78, 5) is 52.4. The molecule has 0 aromatic heterocycles. The van der Waals surface area contributed by atoms with Crippen LogP contribution in [0.1, 0.15) is 197 Å². The van der Waals surface area contributed by atoms with Gasteiger partial charge >= 0.3 is 0 Å². The summed E-state index contributed by atoms with van der Waals surface area (Å²) >= 11 is 0. The zero-order valence-corrected chi connectivity index (χ0v) is 54.9. The minimum Gasteiger partial charge on any atom is -0.411 e. The average Bonchev–Trinajstić information content (AvgIpc) is 3.78. The maximum Gasteiger partial charge on any atom is 0.160 e. The minimum absolute atomic E-state index is 0.188. The molecule has 19 nitrogen and oxygen atoms in total. The number of Topliss-reactive ketones (excluding diaryl/α,β-unsaturated/α-hetero) is 2. The number of carbonyl (C=O) groups is 2. The highest BCUT2D eigenvalue weighted by Gasteiger charge is 2.34. The monoisotopic (exact) mass is 1120 g/mol. The van der Waals surface area contributed by atoms with Gasteiger partial charge in [-0.1, -0.05) is 25.8 Å². The zero-order valence-electron chi connectivity index (χ0n) is 54.9. The van der Waals surface area contributed by atoms with Crippen LogP contribution in [0.4, 0.5) is 0 Å². The van der Waals surface area contributed by atoms with E-state index in [1.807, 2.05) is 6.92 Å². The molecule has 0 amide bonds. The summed E-state index contributed by atoms with van der Waals surface area (Å²) < 4.78 is 0. The fourth-order valence-electron chi connectivity index (χ4n) is 8.91. The van der Waals surface area contributed by atoms with E-state index in [0.29, 0.717) is 36.8 Å². The Balaban J connectivity index is 0.000000462. The van der Waals surface area contributed by atoms with E-state index in [2.05, 4.69) is 210 Å². The summed E-state index contributed by atoms with van der Waals surface area (Å²) in [7, 11) is 3.20. The third-order valence-corrected chi connectivity index (χ3v) is 15.0. The largest absolute Gasteiger partial charge is 0.411 e. The first kappa shape index (κ1) is 73.4. The van der Waals surface area contributed by atoms with Gasteiger partial charge < -0.3 is 24.9 Å². The smallest absolute Gasteiger partial charge is 0.160 e. The topological polar surface area (TPSA) is 187 Å². The highest BCUT2D eigenvalue weighted by atomic mass is 16.6. The molecule has 7 rings (SSSR count). The molecule has 0 aliphatic carbocycles. The van der Waals surface area contributed by atoms with Crippen molar-refractivity contribution in [1.29, 1.82) is 0 Å². The molecule has 0 atom stereocenters. The standard InChI is InChI=1S/2C10H20N2O.C9H18N2O.C9H17NO.C8H16N2O.C7H14N2O.C7H13NO/c1-10(2,3)12-7-5-9(6-8-12)11-13-4;1-5-13-11-9-6-7-12(8-9)10(2,3)4;1-9(2,3)11-6-4-8(10-12)5-7-11;1-9(2,3)10-6-4-8(11)5-7-10;1-8(2,3)10-5-7(6-10)9-11-4;1-7(2,3)9-4-6(5-9)8-10;1-7(2,3)8-4-6(9)5-8/h2*5-8H2,1-4H3;12H,4-7H2,1-3H3;4-7H2,1-3H3;5-6H2,1-4H3;10H,4-5H2,1-3H3;4-5H2,1-3H3/b;11-9-;;;;;. The van der Waals surface area contributed by atoms with Crippen molar-refractivity contribution in [1.82, 2.24) is 34.3 Å². The van der Waals surface area contributed by atoms with Crippen molar-refractivity contribution in [3.63, 3.8) is 0 Å². The van der Waals surface area contributed by atoms with Crippen LogP contribution in [0.15, 0.2) is 25.8 Å². The predicted octanol–water partition coefficient (Wildman–Crippen LogP) is 9.63. The second kappa shape index (κ2) is 32.9. The first-order chi connectivity index (χ1) is 36.2. The van der Waals surface area contributed by atoms with E-state index < -0.39 is 0 Å². The molecule has 7 fully saturated rings. The molecule has 0 aromatic rings. The summed E-state index contributed by atoms with van der Waals surface area (Å²) in [5.74, 6) is 0.787. The van der Waals surface area contributed by atoms with Crippen LogP contribution in [0.3, 0.4) is 0 Å². The molecule has 19 heteroatoms. The number of ketones is 2. The van der Waals surface area contributed by atoms with E-state index in [-0.39, 0.29) is 33.2 Å². The molecule has 460 valence electrons. The fourth-order valence-corrected chi connectivity index (χ4v) is 8.91. The molecule has 7 aliphatic heterocycles. The molecule has 79 heavy (non-hydrogen) atoms. The maximum atomic E-state index is 10.9. The van der Waals surface area contributed by atoms with Gasteiger partial charge in [-0.05, 0) is 152 Å². The van der Waals surface area contributed by atoms with E-state index in [4.69, 9.17) is 20.1 Å². The first-order valence-corrected chi connectivity index (χ1v) is 29.2. The van der Waals surface area contributed by atoms with Crippen molar-refractivity contribution < 1.29 is 34.5 Å². The van der Waals surface area contributed by atoms with E-state index in [1.165, 1.54) is 11.4 Å². The number of nitrogens with zero attached hydrogens (tertiary/aromatic N) is 12. The Labute approximate surface area is 481 Å². The Morgan fingerprint density at radius 3 is 0.911 bits per heavy atom. The molecule has 0 spiro atoms. The zero-order chi connectivity index (χ0) is 60.8. The van der Waals surface area contributed by atoms with Crippen molar-refractivity contribution in [2.45, 2.75) is 236 Å². The lowest BCUT2D eigenvalue weighted by Crippen LogP contribution is -2.56.